The molecule has 96 valence electrons. The second-order valence-corrected chi connectivity index (χ2v) is 6.14. The van der Waals surface area contributed by atoms with Crippen LogP contribution in [0, 0.1) is 7.14 Å². The van der Waals surface area contributed by atoms with E-state index < -0.39 is 11.6 Å². The summed E-state index contributed by atoms with van der Waals surface area (Å²) in [5.41, 5.74) is 0.658. The molecule has 0 aliphatic heterocycles. The lowest BCUT2D eigenvalue weighted by Gasteiger charge is -2.05. The summed E-state index contributed by atoms with van der Waals surface area (Å²) in [7, 11) is 0. The van der Waals surface area contributed by atoms with E-state index in [1.165, 1.54) is 12.1 Å². The summed E-state index contributed by atoms with van der Waals surface area (Å²) in [6.07, 6.45) is 0. The molecular formula is C14H8I2O3. The summed E-state index contributed by atoms with van der Waals surface area (Å²) in [6.45, 7) is 0. The number of phenolic OH excluding ortho intramolecular Hbond substituents is 1. The van der Waals surface area contributed by atoms with E-state index in [9.17, 15) is 14.7 Å². The lowest BCUT2D eigenvalue weighted by molar-refractivity contribution is 0.0817. The van der Waals surface area contributed by atoms with Gasteiger partial charge in [-0.05, 0) is 57.3 Å². The molecule has 0 spiro atoms. The average molecular weight is 478 g/mol. The van der Waals surface area contributed by atoms with Crippen LogP contribution in [0.5, 0.6) is 5.75 Å². The van der Waals surface area contributed by atoms with Crippen LogP contribution >= 0.6 is 45.2 Å². The van der Waals surface area contributed by atoms with Gasteiger partial charge in [-0.3, -0.25) is 9.59 Å². The fourth-order valence-corrected chi connectivity index (χ4v) is 3.32. The fraction of sp³-hybridized carbons (Fsp3) is 0. The van der Waals surface area contributed by atoms with E-state index in [-0.39, 0.29) is 5.75 Å². The third-order valence-electron chi connectivity index (χ3n) is 2.52. The smallest absolute Gasteiger partial charge is 0.233 e. The molecule has 0 aromatic heterocycles. The minimum absolute atomic E-state index is 0.130. The first kappa shape index (κ1) is 14.4. The number of Topliss-reactive ketones (excluding diaryl/α,β-unsaturated/α-hetero) is 2. The summed E-state index contributed by atoms with van der Waals surface area (Å²) < 4.78 is 1.10. The van der Waals surface area contributed by atoms with Crippen molar-refractivity contribution in [3.05, 3.63) is 60.7 Å². The van der Waals surface area contributed by atoms with E-state index in [1.807, 2.05) is 45.2 Å². The molecule has 0 amide bonds. The van der Waals surface area contributed by atoms with Crippen molar-refractivity contribution in [2.45, 2.75) is 0 Å². The van der Waals surface area contributed by atoms with Crippen LogP contribution in [0.2, 0.25) is 0 Å². The molecule has 5 heteroatoms. The number of carbonyl (C=O) groups is 2. The summed E-state index contributed by atoms with van der Waals surface area (Å²) in [4.78, 5) is 24.2. The monoisotopic (exact) mass is 478 g/mol. The van der Waals surface area contributed by atoms with Crippen LogP contribution < -0.4 is 0 Å². The Labute approximate surface area is 137 Å². The van der Waals surface area contributed by atoms with Crippen LogP contribution in [-0.4, -0.2) is 16.7 Å². The number of ketones is 2. The zero-order valence-electron chi connectivity index (χ0n) is 9.56. The van der Waals surface area contributed by atoms with Gasteiger partial charge < -0.3 is 5.11 Å². The Morgan fingerprint density at radius 2 is 1.32 bits per heavy atom. The van der Waals surface area contributed by atoms with E-state index >= 15 is 0 Å². The van der Waals surface area contributed by atoms with Gasteiger partial charge in [0.25, 0.3) is 0 Å². The van der Waals surface area contributed by atoms with Gasteiger partial charge in [-0.25, -0.2) is 0 Å². The zero-order chi connectivity index (χ0) is 14.0. The maximum Gasteiger partial charge on any atom is 0.233 e. The first-order chi connectivity index (χ1) is 9.00. The Balaban J connectivity index is 2.38. The van der Waals surface area contributed by atoms with Gasteiger partial charge in [-0.1, -0.05) is 30.3 Å². The molecule has 0 aliphatic rings. The molecular weight excluding hydrogens is 470 g/mol. The van der Waals surface area contributed by atoms with Crippen molar-refractivity contribution in [2.75, 3.05) is 0 Å². The van der Waals surface area contributed by atoms with Crippen molar-refractivity contribution < 1.29 is 14.7 Å². The summed E-state index contributed by atoms with van der Waals surface area (Å²) in [6, 6.07) is 11.5. The van der Waals surface area contributed by atoms with E-state index in [4.69, 9.17) is 0 Å². The molecule has 0 bridgehead atoms. The average Bonchev–Trinajstić information content (AvgIpc) is 2.43. The third-order valence-corrected chi connectivity index (χ3v) is 4.17. The van der Waals surface area contributed by atoms with Crippen LogP contribution in [0.25, 0.3) is 0 Å². The molecule has 2 rings (SSSR count). The van der Waals surface area contributed by atoms with Gasteiger partial charge in [0.15, 0.2) is 0 Å². The van der Waals surface area contributed by atoms with Crippen molar-refractivity contribution in [3.8, 4) is 5.75 Å². The quantitative estimate of drug-likeness (QED) is 0.417. The molecule has 0 atom stereocenters. The summed E-state index contributed by atoms with van der Waals surface area (Å²) >= 11 is 3.86. The van der Waals surface area contributed by atoms with Crippen molar-refractivity contribution in [1.29, 1.82) is 0 Å². The SMILES string of the molecule is O=C(C(=O)c1cc(I)c(O)c(I)c1)c1ccccc1. The maximum absolute atomic E-state index is 12.1. The van der Waals surface area contributed by atoms with Gasteiger partial charge in [0, 0.05) is 11.1 Å². The molecule has 2 aromatic rings. The van der Waals surface area contributed by atoms with Crippen molar-refractivity contribution in [1.82, 2.24) is 0 Å². The number of halogens is 2. The summed E-state index contributed by atoms with van der Waals surface area (Å²) in [5.74, 6) is -0.982. The first-order valence-corrected chi connectivity index (χ1v) is 7.48. The van der Waals surface area contributed by atoms with Gasteiger partial charge in [0.2, 0.25) is 11.6 Å². The highest BCUT2D eigenvalue weighted by atomic mass is 127. The summed E-state index contributed by atoms with van der Waals surface area (Å²) in [5, 5.41) is 9.66. The molecule has 0 unspecified atom stereocenters. The van der Waals surface area contributed by atoms with Crippen molar-refractivity contribution >= 4 is 56.7 Å². The highest BCUT2D eigenvalue weighted by Gasteiger charge is 2.20. The van der Waals surface area contributed by atoms with Crippen molar-refractivity contribution in [3.63, 3.8) is 0 Å². The lowest BCUT2D eigenvalue weighted by Crippen LogP contribution is -2.14. The molecule has 0 heterocycles. The van der Waals surface area contributed by atoms with Crippen LogP contribution in [0.15, 0.2) is 42.5 Å². The number of benzene rings is 2. The van der Waals surface area contributed by atoms with Crippen LogP contribution in [0.4, 0.5) is 0 Å². The molecule has 0 saturated carbocycles. The molecule has 0 aliphatic carbocycles. The van der Waals surface area contributed by atoms with Gasteiger partial charge in [-0.15, -0.1) is 0 Å². The minimum Gasteiger partial charge on any atom is -0.506 e. The van der Waals surface area contributed by atoms with Crippen molar-refractivity contribution in [2.24, 2.45) is 0 Å². The highest BCUT2D eigenvalue weighted by molar-refractivity contribution is 14.1. The Bertz CT molecular complexity index is 628. The minimum atomic E-state index is -0.568. The van der Waals surface area contributed by atoms with E-state index in [1.54, 1.807) is 30.3 Å². The van der Waals surface area contributed by atoms with E-state index in [2.05, 4.69) is 0 Å². The standard InChI is InChI=1S/C14H8I2O3/c15-10-6-9(7-11(16)14(10)19)13(18)12(17)8-4-2-1-3-5-8/h1-7,19H. The largest absolute Gasteiger partial charge is 0.506 e. The Hall–Kier alpha value is -0.960. The Morgan fingerprint density at radius 3 is 1.84 bits per heavy atom. The molecule has 0 radical (unpaired) electrons. The van der Waals surface area contributed by atoms with Gasteiger partial charge in [-0.2, -0.15) is 0 Å². The predicted octanol–water partition coefficient (Wildman–Crippen LogP) is 3.67. The van der Waals surface area contributed by atoms with Crippen LogP contribution in [-0.2, 0) is 0 Å². The molecule has 0 fully saturated rings. The molecule has 19 heavy (non-hydrogen) atoms. The maximum atomic E-state index is 12.1. The highest BCUT2D eigenvalue weighted by Crippen LogP contribution is 2.27. The number of hydrogen-bond acceptors (Lipinski definition) is 3. The number of phenols is 1. The molecule has 3 nitrogen and oxygen atoms in total. The third kappa shape index (κ3) is 3.14. The molecule has 1 N–H and O–H groups in total. The second-order valence-electron chi connectivity index (χ2n) is 3.81. The Kier molecular flexibility index (Phi) is 4.56. The Morgan fingerprint density at radius 1 is 0.842 bits per heavy atom. The van der Waals surface area contributed by atoms with E-state index in [0.717, 1.165) is 0 Å². The van der Waals surface area contributed by atoms with Crippen LogP contribution in [0.1, 0.15) is 20.7 Å². The number of hydrogen-bond donors (Lipinski definition) is 1. The van der Waals surface area contributed by atoms with Gasteiger partial charge in [0.1, 0.15) is 5.75 Å². The normalized spacial score (nSPS) is 10.2. The predicted molar refractivity (Wildman–Crippen MR) is 88.6 cm³/mol. The topological polar surface area (TPSA) is 54.4 Å². The van der Waals surface area contributed by atoms with Crippen LogP contribution in [0.3, 0.4) is 0 Å². The first-order valence-electron chi connectivity index (χ1n) is 5.33. The lowest BCUT2D eigenvalue weighted by atomic mass is 10.0. The number of carbonyl (C=O) groups excluding carboxylic acids is 2. The zero-order valence-corrected chi connectivity index (χ0v) is 13.9. The number of aromatic hydroxyl groups is 1. The van der Waals surface area contributed by atoms with Gasteiger partial charge in [0.05, 0.1) is 7.14 Å². The molecule has 2 aromatic carbocycles. The van der Waals surface area contributed by atoms with E-state index in [0.29, 0.717) is 18.3 Å². The number of rotatable bonds is 3. The fourth-order valence-electron chi connectivity index (χ4n) is 1.55. The second kappa shape index (κ2) is 6.00. The van der Waals surface area contributed by atoms with Gasteiger partial charge >= 0.3 is 0 Å². The molecule has 0 saturated heterocycles.